The zero-order valence-electron chi connectivity index (χ0n) is 11.6. The minimum absolute atomic E-state index is 0.190. The normalized spacial score (nSPS) is 10.9. The van der Waals surface area contributed by atoms with Crippen molar-refractivity contribution in [2.24, 2.45) is 0 Å². The van der Waals surface area contributed by atoms with Crippen LogP contribution in [0.1, 0.15) is 0 Å². The topological polar surface area (TPSA) is 98.5 Å². The fourth-order valence-electron chi connectivity index (χ4n) is 2.15. The Labute approximate surface area is 120 Å². The molecule has 0 bridgehead atoms. The van der Waals surface area contributed by atoms with E-state index in [0.717, 1.165) is 23.1 Å². The van der Waals surface area contributed by atoms with Gasteiger partial charge in [0.15, 0.2) is 0 Å². The van der Waals surface area contributed by atoms with Gasteiger partial charge < -0.3 is 15.6 Å². The van der Waals surface area contributed by atoms with Gasteiger partial charge >= 0.3 is 0 Å². The molecular weight excluding hydrogens is 268 g/mol. The lowest BCUT2D eigenvalue weighted by Crippen LogP contribution is -2.20. The Hall–Kier alpha value is -2.67. The third-order valence-corrected chi connectivity index (χ3v) is 3.14. The van der Waals surface area contributed by atoms with E-state index in [1.807, 2.05) is 25.4 Å². The van der Waals surface area contributed by atoms with Crippen molar-refractivity contribution >= 4 is 17.0 Å². The molecule has 0 aliphatic rings. The Morgan fingerprint density at radius 1 is 1.33 bits per heavy atom. The Bertz CT molecular complexity index is 806. The number of hydrogen-bond acceptors (Lipinski definition) is 5. The summed E-state index contributed by atoms with van der Waals surface area (Å²) in [6, 6.07) is 5.29. The molecule has 0 radical (unpaired) electrons. The minimum atomic E-state index is -0.190. The maximum absolute atomic E-state index is 11.8. The molecule has 3 aromatic rings. The van der Waals surface area contributed by atoms with Gasteiger partial charge in [-0.1, -0.05) is 0 Å². The number of rotatable bonds is 5. The molecule has 0 saturated heterocycles. The van der Waals surface area contributed by atoms with Crippen LogP contribution in [-0.4, -0.2) is 40.1 Å². The summed E-state index contributed by atoms with van der Waals surface area (Å²) in [7, 11) is 1.87. The molecule has 0 aliphatic carbocycles. The van der Waals surface area contributed by atoms with E-state index < -0.39 is 0 Å². The summed E-state index contributed by atoms with van der Waals surface area (Å²) in [5, 5.41) is 7.05. The highest BCUT2D eigenvalue weighted by atomic mass is 16.1. The van der Waals surface area contributed by atoms with Gasteiger partial charge in [-0.2, -0.15) is 0 Å². The molecular formula is C14H16N6O. The number of nitrogens with zero attached hydrogens (tertiary/aromatic N) is 2. The van der Waals surface area contributed by atoms with Crippen LogP contribution in [0.2, 0.25) is 0 Å². The first kappa shape index (κ1) is 13.3. The van der Waals surface area contributed by atoms with Crippen molar-refractivity contribution in [3.8, 4) is 11.3 Å². The third kappa shape index (κ3) is 2.77. The zero-order valence-corrected chi connectivity index (χ0v) is 11.6. The van der Waals surface area contributed by atoms with Crippen molar-refractivity contribution in [2.45, 2.75) is 0 Å². The van der Waals surface area contributed by atoms with Crippen molar-refractivity contribution in [3.05, 3.63) is 40.9 Å². The summed E-state index contributed by atoms with van der Waals surface area (Å²) in [5.74, 6) is 0.464. The Morgan fingerprint density at radius 2 is 2.24 bits per heavy atom. The Balaban J connectivity index is 2.00. The number of H-pyrrole nitrogens is 2. The molecule has 0 aromatic carbocycles. The van der Waals surface area contributed by atoms with Crippen LogP contribution in [-0.2, 0) is 0 Å². The van der Waals surface area contributed by atoms with Crippen LogP contribution in [0.5, 0.6) is 0 Å². The second-order valence-corrected chi connectivity index (χ2v) is 4.61. The van der Waals surface area contributed by atoms with Gasteiger partial charge in [0.1, 0.15) is 5.65 Å². The first-order chi connectivity index (χ1) is 10.3. The van der Waals surface area contributed by atoms with E-state index in [2.05, 4.69) is 30.6 Å². The minimum Gasteiger partial charge on any atom is -0.354 e. The summed E-state index contributed by atoms with van der Waals surface area (Å²) in [4.78, 5) is 26.3. The summed E-state index contributed by atoms with van der Waals surface area (Å²) in [6.07, 6.45) is 3.54. The molecule has 7 heteroatoms. The van der Waals surface area contributed by atoms with Crippen molar-refractivity contribution in [1.82, 2.24) is 25.3 Å². The molecule has 0 fully saturated rings. The monoisotopic (exact) mass is 284 g/mol. The third-order valence-electron chi connectivity index (χ3n) is 3.14. The van der Waals surface area contributed by atoms with E-state index in [1.165, 1.54) is 6.07 Å². The van der Waals surface area contributed by atoms with Gasteiger partial charge in [-0.05, 0) is 19.2 Å². The van der Waals surface area contributed by atoms with Crippen LogP contribution in [0.4, 0.5) is 5.95 Å². The number of fused-ring (bicyclic) bond motifs is 1. The molecule has 7 nitrogen and oxygen atoms in total. The van der Waals surface area contributed by atoms with Gasteiger partial charge in [-0.3, -0.25) is 9.78 Å². The smallest absolute Gasteiger partial charge is 0.252 e. The molecule has 0 atom stereocenters. The second-order valence-electron chi connectivity index (χ2n) is 4.61. The lowest BCUT2D eigenvalue weighted by Gasteiger charge is -2.06. The number of anilines is 1. The van der Waals surface area contributed by atoms with Gasteiger partial charge in [-0.15, -0.1) is 0 Å². The lowest BCUT2D eigenvalue weighted by molar-refractivity contribution is 0.817. The Kier molecular flexibility index (Phi) is 3.65. The van der Waals surface area contributed by atoms with Crippen LogP contribution in [0.15, 0.2) is 35.4 Å². The van der Waals surface area contributed by atoms with Crippen molar-refractivity contribution in [3.63, 3.8) is 0 Å². The van der Waals surface area contributed by atoms with Crippen LogP contribution in [0.25, 0.3) is 22.3 Å². The van der Waals surface area contributed by atoms with Gasteiger partial charge in [-0.25, -0.2) is 9.97 Å². The molecule has 0 spiro atoms. The van der Waals surface area contributed by atoms with Crippen LogP contribution in [0, 0.1) is 0 Å². The highest BCUT2D eigenvalue weighted by molar-refractivity contribution is 5.92. The molecule has 21 heavy (non-hydrogen) atoms. The predicted molar refractivity (Wildman–Crippen MR) is 82.4 cm³/mol. The van der Waals surface area contributed by atoms with E-state index in [9.17, 15) is 4.79 Å². The van der Waals surface area contributed by atoms with Gasteiger partial charge in [0.2, 0.25) is 5.95 Å². The van der Waals surface area contributed by atoms with E-state index in [1.54, 1.807) is 6.20 Å². The highest BCUT2D eigenvalue weighted by Crippen LogP contribution is 2.25. The molecule has 0 amide bonds. The quantitative estimate of drug-likeness (QED) is 0.523. The molecule has 3 heterocycles. The second kappa shape index (κ2) is 5.76. The molecule has 0 aliphatic heterocycles. The highest BCUT2D eigenvalue weighted by Gasteiger charge is 2.09. The number of aromatic amines is 2. The fraction of sp³-hybridized carbons (Fsp3) is 0.214. The Morgan fingerprint density at radius 3 is 3.10 bits per heavy atom. The average Bonchev–Trinajstić information content (AvgIpc) is 2.91. The molecule has 3 aromatic heterocycles. The molecule has 3 rings (SSSR count). The van der Waals surface area contributed by atoms with Crippen molar-refractivity contribution in [2.75, 3.05) is 25.5 Å². The van der Waals surface area contributed by atoms with Crippen LogP contribution in [0.3, 0.4) is 0 Å². The van der Waals surface area contributed by atoms with E-state index in [4.69, 9.17) is 0 Å². The summed E-state index contributed by atoms with van der Waals surface area (Å²) >= 11 is 0. The first-order valence-electron chi connectivity index (χ1n) is 6.70. The van der Waals surface area contributed by atoms with Crippen LogP contribution < -0.4 is 16.2 Å². The van der Waals surface area contributed by atoms with Gasteiger partial charge in [0.05, 0.1) is 5.69 Å². The van der Waals surface area contributed by atoms with E-state index in [0.29, 0.717) is 18.2 Å². The van der Waals surface area contributed by atoms with E-state index >= 15 is 0 Å². The SMILES string of the molecule is CNCCNc1nc(-c2c[nH]c3ncccc23)cc(=O)[nH]1. The summed E-state index contributed by atoms with van der Waals surface area (Å²) in [5.41, 5.74) is 2.07. The molecule has 108 valence electrons. The first-order valence-corrected chi connectivity index (χ1v) is 6.70. The number of aromatic nitrogens is 4. The largest absolute Gasteiger partial charge is 0.354 e. The molecule has 4 N–H and O–H groups in total. The lowest BCUT2D eigenvalue weighted by atomic mass is 10.1. The number of likely N-dealkylation sites (N-methyl/N-ethyl adjacent to an activating group) is 1. The predicted octanol–water partition coefficient (Wildman–Crippen LogP) is 0.944. The summed E-state index contributed by atoms with van der Waals surface area (Å²) in [6.45, 7) is 1.46. The number of nitrogens with one attached hydrogen (secondary N) is 4. The number of pyridine rings is 1. The molecule has 0 unspecified atom stereocenters. The van der Waals surface area contributed by atoms with Crippen LogP contribution >= 0.6 is 0 Å². The standard InChI is InChI=1S/C14H16N6O/c1-15-5-6-17-14-19-11(7-12(21)20-14)10-8-18-13-9(10)3-2-4-16-13/h2-4,7-8,15H,5-6H2,1H3,(H,16,18)(H2,17,19,20,21). The van der Waals surface area contributed by atoms with Gasteiger partial charge in [0, 0.05) is 42.5 Å². The van der Waals surface area contributed by atoms with Crippen molar-refractivity contribution in [1.29, 1.82) is 0 Å². The maximum Gasteiger partial charge on any atom is 0.252 e. The fourth-order valence-corrected chi connectivity index (χ4v) is 2.15. The van der Waals surface area contributed by atoms with Crippen molar-refractivity contribution < 1.29 is 0 Å². The molecule has 0 saturated carbocycles. The summed E-state index contributed by atoms with van der Waals surface area (Å²) < 4.78 is 0. The maximum atomic E-state index is 11.8. The average molecular weight is 284 g/mol. The zero-order chi connectivity index (χ0) is 14.7. The number of hydrogen-bond donors (Lipinski definition) is 4. The van der Waals surface area contributed by atoms with E-state index in [-0.39, 0.29) is 5.56 Å². The van der Waals surface area contributed by atoms with Gasteiger partial charge in [0.25, 0.3) is 5.56 Å².